The summed E-state index contributed by atoms with van der Waals surface area (Å²) in [7, 11) is 0. The molecule has 8 heteroatoms. The molecule has 2 saturated heterocycles. The fourth-order valence-electron chi connectivity index (χ4n) is 3.52. The first-order chi connectivity index (χ1) is 12.4. The Hall–Kier alpha value is -2.48. The van der Waals surface area contributed by atoms with Gasteiger partial charge in [0.25, 0.3) is 11.9 Å². The molecule has 0 aliphatic carbocycles. The molecule has 1 aromatic carbocycles. The van der Waals surface area contributed by atoms with E-state index in [1.165, 1.54) is 12.1 Å². The molecule has 0 saturated carbocycles. The standard InChI is InChI=1S/C18H17F3N2O3/c19-18(20,21)15-5-6-16(26-15)25-13-3-1-11(2-4-13)17(24)22-14-10-23-8-7-12(14)9-23/h1-6,12,14H,7-10H2,(H,22,24). The van der Waals surface area contributed by atoms with E-state index >= 15 is 0 Å². The number of hydrogen-bond acceptors (Lipinski definition) is 4. The molecule has 2 aliphatic rings. The van der Waals surface area contributed by atoms with Crippen LogP contribution in [0.3, 0.4) is 0 Å². The van der Waals surface area contributed by atoms with Crippen LogP contribution in [-0.4, -0.2) is 36.5 Å². The minimum atomic E-state index is -4.56. The molecule has 0 spiro atoms. The van der Waals surface area contributed by atoms with E-state index in [1.54, 1.807) is 12.1 Å². The van der Waals surface area contributed by atoms with Gasteiger partial charge in [-0.3, -0.25) is 4.79 Å². The maximum absolute atomic E-state index is 12.5. The third-order valence-corrected chi connectivity index (χ3v) is 4.84. The van der Waals surface area contributed by atoms with Gasteiger partial charge >= 0.3 is 6.18 Å². The average Bonchev–Trinajstić information content (AvgIpc) is 3.31. The van der Waals surface area contributed by atoms with E-state index in [-0.39, 0.29) is 23.6 Å². The highest BCUT2D eigenvalue weighted by Gasteiger charge is 2.38. The molecule has 0 radical (unpaired) electrons. The van der Waals surface area contributed by atoms with Crippen LogP contribution < -0.4 is 10.1 Å². The minimum absolute atomic E-state index is 0.160. The van der Waals surface area contributed by atoms with Crippen LogP contribution in [0.25, 0.3) is 0 Å². The zero-order valence-corrected chi connectivity index (χ0v) is 13.8. The molecule has 138 valence electrons. The zero-order chi connectivity index (χ0) is 18.3. The molecule has 2 bridgehead atoms. The predicted molar refractivity (Wildman–Crippen MR) is 86.0 cm³/mol. The van der Waals surface area contributed by atoms with Crippen molar-refractivity contribution in [2.45, 2.75) is 18.6 Å². The Kier molecular flexibility index (Phi) is 4.14. The molecule has 4 rings (SSSR count). The van der Waals surface area contributed by atoms with E-state index < -0.39 is 11.9 Å². The Morgan fingerprint density at radius 3 is 2.50 bits per heavy atom. The van der Waals surface area contributed by atoms with E-state index in [0.717, 1.165) is 38.2 Å². The first-order valence-electron chi connectivity index (χ1n) is 8.37. The molecular weight excluding hydrogens is 349 g/mol. The quantitative estimate of drug-likeness (QED) is 0.900. The third kappa shape index (κ3) is 3.41. The van der Waals surface area contributed by atoms with Gasteiger partial charge in [-0.1, -0.05) is 0 Å². The van der Waals surface area contributed by atoms with Crippen LogP contribution in [0, 0.1) is 5.92 Å². The van der Waals surface area contributed by atoms with Gasteiger partial charge in [-0.25, -0.2) is 0 Å². The molecule has 1 N–H and O–H groups in total. The highest BCUT2D eigenvalue weighted by molar-refractivity contribution is 5.94. The van der Waals surface area contributed by atoms with E-state index in [2.05, 4.69) is 14.6 Å². The number of halogens is 3. The number of nitrogens with one attached hydrogen (secondary N) is 1. The highest BCUT2D eigenvalue weighted by Crippen LogP contribution is 2.34. The summed E-state index contributed by atoms with van der Waals surface area (Å²) in [6.45, 7) is 3.03. The first kappa shape index (κ1) is 17.0. The summed E-state index contributed by atoms with van der Waals surface area (Å²) in [4.78, 5) is 14.7. The van der Waals surface area contributed by atoms with Crippen LogP contribution in [0.2, 0.25) is 0 Å². The van der Waals surface area contributed by atoms with Crippen molar-refractivity contribution in [1.29, 1.82) is 0 Å². The molecule has 2 aliphatic heterocycles. The topological polar surface area (TPSA) is 54.7 Å². The number of benzene rings is 1. The predicted octanol–water partition coefficient (Wildman–Crippen LogP) is 3.52. The Morgan fingerprint density at radius 1 is 1.15 bits per heavy atom. The lowest BCUT2D eigenvalue weighted by Crippen LogP contribution is -2.43. The van der Waals surface area contributed by atoms with Gasteiger partial charge in [0.05, 0.1) is 0 Å². The van der Waals surface area contributed by atoms with Gasteiger partial charge in [0, 0.05) is 30.8 Å². The van der Waals surface area contributed by atoms with E-state index in [0.29, 0.717) is 11.5 Å². The van der Waals surface area contributed by atoms with Crippen molar-refractivity contribution < 1.29 is 27.1 Å². The van der Waals surface area contributed by atoms with Crippen LogP contribution in [0.15, 0.2) is 40.8 Å². The van der Waals surface area contributed by atoms with E-state index in [9.17, 15) is 18.0 Å². The smallest absolute Gasteiger partial charge is 0.426 e. The van der Waals surface area contributed by atoms with Crippen molar-refractivity contribution in [2.75, 3.05) is 19.6 Å². The fourth-order valence-corrected chi connectivity index (χ4v) is 3.52. The molecule has 3 unspecified atom stereocenters. The number of amides is 1. The van der Waals surface area contributed by atoms with Crippen molar-refractivity contribution in [1.82, 2.24) is 10.2 Å². The van der Waals surface area contributed by atoms with Crippen LogP contribution >= 0.6 is 0 Å². The molecule has 3 atom stereocenters. The molecule has 5 nitrogen and oxygen atoms in total. The summed E-state index contributed by atoms with van der Waals surface area (Å²) < 4.78 is 47.4. The van der Waals surface area contributed by atoms with Gasteiger partial charge in [0.15, 0.2) is 0 Å². The summed E-state index contributed by atoms with van der Waals surface area (Å²) in [6, 6.07) is 8.29. The van der Waals surface area contributed by atoms with Crippen molar-refractivity contribution >= 4 is 5.91 Å². The number of ether oxygens (including phenoxy) is 1. The molecule has 1 amide bonds. The van der Waals surface area contributed by atoms with Crippen molar-refractivity contribution in [3.63, 3.8) is 0 Å². The minimum Gasteiger partial charge on any atom is -0.426 e. The summed E-state index contributed by atoms with van der Waals surface area (Å²) in [6.07, 6.45) is -3.44. The Balaban J connectivity index is 1.37. The van der Waals surface area contributed by atoms with Gasteiger partial charge < -0.3 is 19.4 Å². The Labute approximate surface area is 147 Å². The number of hydrogen-bond donors (Lipinski definition) is 1. The lowest BCUT2D eigenvalue weighted by molar-refractivity contribution is -0.153. The summed E-state index contributed by atoms with van der Waals surface area (Å²) >= 11 is 0. The maximum atomic E-state index is 12.5. The maximum Gasteiger partial charge on any atom is 0.449 e. The molecule has 2 fully saturated rings. The zero-order valence-electron chi connectivity index (χ0n) is 13.8. The van der Waals surface area contributed by atoms with Crippen LogP contribution in [0.4, 0.5) is 13.2 Å². The fraction of sp³-hybridized carbons (Fsp3) is 0.389. The molecule has 1 aromatic heterocycles. The number of alkyl halides is 3. The van der Waals surface area contributed by atoms with Gasteiger partial charge in [-0.15, -0.1) is 0 Å². The second kappa shape index (κ2) is 6.35. The number of carbonyl (C=O) groups is 1. The number of rotatable bonds is 4. The van der Waals surface area contributed by atoms with Crippen molar-refractivity contribution in [3.8, 4) is 11.7 Å². The lowest BCUT2D eigenvalue weighted by Gasteiger charge is -2.23. The number of carbonyl (C=O) groups excluding carboxylic acids is 1. The molecule has 3 heterocycles. The van der Waals surface area contributed by atoms with Gasteiger partial charge in [-0.05, 0) is 49.2 Å². The SMILES string of the molecule is O=C(NC1CN2CCC1C2)c1ccc(Oc2ccc(C(F)(F)F)o2)cc1. The first-order valence-corrected chi connectivity index (χ1v) is 8.37. The third-order valence-electron chi connectivity index (χ3n) is 4.84. The van der Waals surface area contributed by atoms with Crippen molar-refractivity contribution in [3.05, 3.63) is 47.7 Å². The number of fused-ring (bicyclic) bond motifs is 2. The van der Waals surface area contributed by atoms with Crippen LogP contribution in [-0.2, 0) is 6.18 Å². The van der Waals surface area contributed by atoms with Crippen molar-refractivity contribution in [2.24, 2.45) is 5.92 Å². The Bertz CT molecular complexity index is 801. The number of furan rings is 1. The second-order valence-electron chi connectivity index (χ2n) is 6.63. The highest BCUT2D eigenvalue weighted by atomic mass is 19.4. The summed E-state index contributed by atoms with van der Waals surface area (Å²) in [5.74, 6) is -0.734. The second-order valence-corrected chi connectivity index (χ2v) is 6.63. The largest absolute Gasteiger partial charge is 0.449 e. The number of piperidine rings is 1. The molecule has 2 aromatic rings. The van der Waals surface area contributed by atoms with Crippen LogP contribution in [0.1, 0.15) is 22.5 Å². The van der Waals surface area contributed by atoms with Gasteiger partial charge in [-0.2, -0.15) is 13.2 Å². The average molecular weight is 366 g/mol. The Morgan fingerprint density at radius 2 is 1.92 bits per heavy atom. The summed E-state index contributed by atoms with van der Waals surface area (Å²) in [5, 5.41) is 3.05. The number of nitrogens with zero attached hydrogens (tertiary/aromatic N) is 1. The molecular formula is C18H17F3N2O3. The van der Waals surface area contributed by atoms with Gasteiger partial charge in [0.2, 0.25) is 5.76 Å². The van der Waals surface area contributed by atoms with Crippen LogP contribution in [0.5, 0.6) is 11.7 Å². The van der Waals surface area contributed by atoms with E-state index in [1.807, 2.05) is 0 Å². The summed E-state index contributed by atoms with van der Waals surface area (Å²) in [5.41, 5.74) is 0.477. The lowest BCUT2D eigenvalue weighted by atomic mass is 9.99. The molecule has 26 heavy (non-hydrogen) atoms. The monoisotopic (exact) mass is 366 g/mol. The normalized spacial score (nSPS) is 24.7. The van der Waals surface area contributed by atoms with E-state index in [4.69, 9.17) is 4.74 Å². The van der Waals surface area contributed by atoms with Gasteiger partial charge in [0.1, 0.15) is 5.75 Å².